The van der Waals surface area contributed by atoms with Crippen molar-refractivity contribution >= 4 is 15.8 Å². The van der Waals surface area contributed by atoms with Crippen molar-refractivity contribution in [3.05, 3.63) is 24.3 Å². The largest absolute Gasteiger partial charge is 0.490 e. The Bertz CT molecular complexity index is 846. The van der Waals surface area contributed by atoms with Gasteiger partial charge in [0.15, 0.2) is 9.73 Å². The van der Waals surface area contributed by atoms with Crippen LogP contribution in [0, 0.1) is 10.2 Å². The van der Waals surface area contributed by atoms with Gasteiger partial charge in [0.1, 0.15) is 17.5 Å². The van der Waals surface area contributed by atoms with E-state index in [9.17, 15) is 22.2 Å². The molecule has 1 unspecified atom stereocenters. The summed E-state index contributed by atoms with van der Waals surface area (Å²) in [6.45, 7) is 6.65. The van der Waals surface area contributed by atoms with Gasteiger partial charge >= 0.3 is 11.6 Å². The molecule has 10 heteroatoms. The van der Waals surface area contributed by atoms with Gasteiger partial charge in [0.2, 0.25) is 0 Å². The summed E-state index contributed by atoms with van der Waals surface area (Å²) in [6.07, 6.45) is 1.06. The van der Waals surface area contributed by atoms with Gasteiger partial charge in [0.25, 0.3) is 0 Å². The quantitative estimate of drug-likeness (QED) is 0.787. The SMILES string of the molecule is CC(C)(C)OC(=O)N1CC2(CC(Oc3ccc(S(=N)(=O)C(F)(F)F)cc3)C2)C1. The maximum absolute atomic E-state index is 12.7. The van der Waals surface area contributed by atoms with Gasteiger partial charge in [-0.05, 0) is 57.9 Å². The fourth-order valence-corrected chi connectivity index (χ4v) is 4.29. The van der Waals surface area contributed by atoms with Crippen LogP contribution in [0.15, 0.2) is 29.2 Å². The second-order valence-corrected chi connectivity index (χ2v) is 10.5. The molecule has 1 aromatic carbocycles. The average molecular weight is 420 g/mol. The highest BCUT2D eigenvalue weighted by atomic mass is 32.2. The number of rotatable bonds is 3. The first-order chi connectivity index (χ1) is 12.7. The van der Waals surface area contributed by atoms with Gasteiger partial charge in [-0.25, -0.2) is 13.8 Å². The molecular formula is C18H23F3N2O4S. The van der Waals surface area contributed by atoms with Crippen molar-refractivity contribution in [2.24, 2.45) is 5.41 Å². The van der Waals surface area contributed by atoms with E-state index in [1.807, 2.05) is 20.8 Å². The minimum absolute atomic E-state index is 0.0211. The lowest BCUT2D eigenvalue weighted by atomic mass is 9.62. The number of alkyl halides is 3. The van der Waals surface area contributed by atoms with Crippen molar-refractivity contribution in [2.45, 2.75) is 55.7 Å². The lowest BCUT2D eigenvalue weighted by molar-refractivity contribution is -0.116. The molecule has 1 spiro atoms. The van der Waals surface area contributed by atoms with Crippen LogP contribution in [0.5, 0.6) is 5.75 Å². The number of benzene rings is 1. The Hall–Kier alpha value is -1.97. The maximum atomic E-state index is 12.7. The molecular weight excluding hydrogens is 397 g/mol. The Kier molecular flexibility index (Phi) is 4.84. The number of hydrogen-bond acceptors (Lipinski definition) is 5. The number of nitrogens with one attached hydrogen (secondary N) is 1. The van der Waals surface area contributed by atoms with E-state index in [0.717, 1.165) is 25.0 Å². The lowest BCUT2D eigenvalue weighted by Gasteiger charge is -2.58. The third kappa shape index (κ3) is 4.06. The number of nitrogens with zero attached hydrogens (tertiary/aromatic N) is 1. The second-order valence-electron chi connectivity index (χ2n) is 8.46. The molecule has 2 fully saturated rings. The molecule has 1 atom stereocenters. The van der Waals surface area contributed by atoms with E-state index in [1.165, 1.54) is 12.1 Å². The van der Waals surface area contributed by atoms with Crippen molar-refractivity contribution in [2.75, 3.05) is 13.1 Å². The van der Waals surface area contributed by atoms with Crippen LogP contribution in [0.25, 0.3) is 0 Å². The van der Waals surface area contributed by atoms with Crippen molar-refractivity contribution < 1.29 is 31.6 Å². The van der Waals surface area contributed by atoms with Gasteiger partial charge in [0.05, 0.1) is 4.90 Å². The molecule has 0 aromatic heterocycles. The summed E-state index contributed by atoms with van der Waals surface area (Å²) in [5, 5.41) is 0. The zero-order valence-electron chi connectivity index (χ0n) is 15.8. The van der Waals surface area contributed by atoms with Crippen LogP contribution in [0.3, 0.4) is 0 Å². The summed E-state index contributed by atoms with van der Waals surface area (Å²) in [5.41, 5.74) is -5.63. The van der Waals surface area contributed by atoms with E-state index < -0.39 is 25.7 Å². The van der Waals surface area contributed by atoms with Crippen molar-refractivity contribution in [1.29, 1.82) is 4.78 Å². The minimum atomic E-state index is -5.11. The van der Waals surface area contributed by atoms with Crippen LogP contribution in [0.1, 0.15) is 33.6 Å². The maximum Gasteiger partial charge on any atom is 0.483 e. The van der Waals surface area contributed by atoms with E-state index in [1.54, 1.807) is 4.90 Å². The summed E-state index contributed by atoms with van der Waals surface area (Å²) in [6, 6.07) is 4.63. The summed E-state index contributed by atoms with van der Waals surface area (Å²) < 4.78 is 67.7. The molecule has 1 saturated carbocycles. The van der Waals surface area contributed by atoms with E-state index >= 15 is 0 Å². The fraction of sp³-hybridized carbons (Fsp3) is 0.611. The third-order valence-electron chi connectivity index (χ3n) is 4.81. The highest BCUT2D eigenvalue weighted by Crippen LogP contribution is 2.50. The van der Waals surface area contributed by atoms with Gasteiger partial charge in [0, 0.05) is 18.5 Å². The lowest BCUT2D eigenvalue weighted by Crippen LogP contribution is -2.66. The Morgan fingerprint density at radius 1 is 1.18 bits per heavy atom. The Morgan fingerprint density at radius 3 is 2.18 bits per heavy atom. The summed E-state index contributed by atoms with van der Waals surface area (Å²) in [7, 11) is -4.86. The number of carbonyl (C=O) groups excluding carboxylic acids is 1. The first-order valence-corrected chi connectivity index (χ1v) is 10.4. The molecule has 1 heterocycles. The summed E-state index contributed by atoms with van der Waals surface area (Å²) in [4.78, 5) is 13.0. The summed E-state index contributed by atoms with van der Waals surface area (Å²) >= 11 is 0. The molecule has 1 aliphatic heterocycles. The van der Waals surface area contributed by atoms with Crippen LogP contribution in [0.4, 0.5) is 18.0 Å². The number of amides is 1. The Morgan fingerprint density at radius 2 is 1.71 bits per heavy atom. The number of hydrogen-bond donors (Lipinski definition) is 1. The van der Waals surface area contributed by atoms with Gasteiger partial charge in [-0.1, -0.05) is 0 Å². The monoisotopic (exact) mass is 420 g/mol. The molecule has 1 saturated heterocycles. The van der Waals surface area contributed by atoms with Crippen molar-refractivity contribution in [3.8, 4) is 5.75 Å². The second kappa shape index (κ2) is 6.53. The van der Waals surface area contributed by atoms with E-state index in [4.69, 9.17) is 14.3 Å². The van der Waals surface area contributed by atoms with E-state index in [-0.39, 0.29) is 17.6 Å². The number of carbonyl (C=O) groups is 1. The number of halogens is 3. The predicted molar refractivity (Wildman–Crippen MR) is 95.5 cm³/mol. The molecule has 156 valence electrons. The van der Waals surface area contributed by atoms with Gasteiger partial charge < -0.3 is 14.4 Å². The standard InChI is InChI=1S/C18H23F3N2O4S/c1-16(2,3)27-15(24)23-10-17(11-23)8-13(9-17)26-12-4-6-14(7-5-12)28(22,25)18(19,20)21/h4-7,13,22H,8-11H2,1-3H3. The molecule has 2 aliphatic rings. The topological polar surface area (TPSA) is 79.7 Å². The molecule has 1 aliphatic carbocycles. The third-order valence-corrected chi connectivity index (χ3v) is 6.40. The first-order valence-electron chi connectivity index (χ1n) is 8.81. The van der Waals surface area contributed by atoms with Crippen molar-refractivity contribution in [1.82, 2.24) is 4.90 Å². The fourth-order valence-electron chi connectivity index (χ4n) is 3.50. The van der Waals surface area contributed by atoms with Gasteiger partial charge in [-0.3, -0.25) is 0 Å². The van der Waals surface area contributed by atoms with Gasteiger partial charge in [-0.2, -0.15) is 13.2 Å². The van der Waals surface area contributed by atoms with E-state index in [0.29, 0.717) is 18.8 Å². The highest BCUT2D eigenvalue weighted by molar-refractivity contribution is 7.93. The predicted octanol–water partition coefficient (Wildman–Crippen LogP) is 4.39. The average Bonchev–Trinajstić information content (AvgIpc) is 2.45. The molecule has 6 nitrogen and oxygen atoms in total. The zero-order chi connectivity index (χ0) is 21.0. The van der Waals surface area contributed by atoms with Crippen LogP contribution >= 0.6 is 0 Å². The van der Waals surface area contributed by atoms with Crippen LogP contribution in [-0.4, -0.2) is 45.5 Å². The van der Waals surface area contributed by atoms with Crippen molar-refractivity contribution in [3.63, 3.8) is 0 Å². The molecule has 0 bridgehead atoms. The van der Waals surface area contributed by atoms with Crippen LogP contribution < -0.4 is 4.74 Å². The summed E-state index contributed by atoms with van der Waals surface area (Å²) in [5.74, 6) is 0.365. The van der Waals surface area contributed by atoms with E-state index in [2.05, 4.69) is 0 Å². The molecule has 28 heavy (non-hydrogen) atoms. The highest BCUT2D eigenvalue weighted by Gasteiger charge is 2.55. The smallest absolute Gasteiger partial charge is 0.483 e. The molecule has 1 N–H and O–H groups in total. The van der Waals surface area contributed by atoms with Crippen LogP contribution in [-0.2, 0) is 14.5 Å². The Balaban J connectivity index is 1.49. The molecule has 0 radical (unpaired) electrons. The Labute approximate surface area is 162 Å². The molecule has 3 rings (SSSR count). The molecule has 1 amide bonds. The first kappa shape index (κ1) is 20.8. The van der Waals surface area contributed by atoms with Crippen LogP contribution in [0.2, 0.25) is 0 Å². The number of ether oxygens (including phenoxy) is 2. The zero-order valence-corrected chi connectivity index (χ0v) is 16.7. The normalized spacial score (nSPS) is 21.4. The van der Waals surface area contributed by atoms with Gasteiger partial charge in [-0.15, -0.1) is 0 Å². The minimum Gasteiger partial charge on any atom is -0.490 e. The molecule has 1 aromatic rings. The number of likely N-dealkylation sites (tertiary alicyclic amines) is 1.